The summed E-state index contributed by atoms with van der Waals surface area (Å²) in [6.45, 7) is 6.14. The molecule has 2 aliphatic rings. The molecule has 4 nitrogen and oxygen atoms in total. The fourth-order valence-electron chi connectivity index (χ4n) is 3.34. The van der Waals surface area contributed by atoms with Gasteiger partial charge in [0.05, 0.1) is 24.6 Å². The lowest BCUT2D eigenvalue weighted by Crippen LogP contribution is -2.49. The minimum Gasteiger partial charge on any atom is -0.397 e. The Morgan fingerprint density at radius 3 is 2.70 bits per heavy atom. The van der Waals surface area contributed by atoms with E-state index in [9.17, 15) is 0 Å². The normalized spacial score (nSPS) is 24.8. The molecule has 0 amide bonds. The maximum absolute atomic E-state index is 6.17. The van der Waals surface area contributed by atoms with E-state index in [0.29, 0.717) is 6.04 Å². The second-order valence-electron chi connectivity index (χ2n) is 5.81. The summed E-state index contributed by atoms with van der Waals surface area (Å²) in [5, 5.41) is 0. The van der Waals surface area contributed by atoms with Gasteiger partial charge >= 0.3 is 0 Å². The zero-order chi connectivity index (χ0) is 13.8. The molecule has 3 rings (SSSR count). The number of piperidine rings is 1. The Morgan fingerprint density at radius 1 is 1.10 bits per heavy atom. The molecule has 0 radical (unpaired) electrons. The summed E-state index contributed by atoms with van der Waals surface area (Å²) >= 11 is 0. The molecular weight excluding hydrogens is 250 g/mol. The van der Waals surface area contributed by atoms with Crippen LogP contribution in [-0.2, 0) is 4.74 Å². The first-order valence-corrected chi connectivity index (χ1v) is 7.76. The van der Waals surface area contributed by atoms with Crippen molar-refractivity contribution in [3.8, 4) is 0 Å². The van der Waals surface area contributed by atoms with Gasteiger partial charge < -0.3 is 15.4 Å². The lowest BCUT2D eigenvalue weighted by Gasteiger charge is -2.41. The molecule has 0 saturated carbocycles. The highest BCUT2D eigenvalue weighted by Gasteiger charge is 2.26. The highest BCUT2D eigenvalue weighted by Crippen LogP contribution is 2.29. The van der Waals surface area contributed by atoms with E-state index in [-0.39, 0.29) is 0 Å². The standard InChI is InChI=1S/C16H25N3O/c17-15-6-1-2-7-16(15)19-8-4-3-5-14(19)13-18-9-11-20-12-10-18/h1-2,6-7,14H,3-5,8-13,17H2. The summed E-state index contributed by atoms with van der Waals surface area (Å²) in [4.78, 5) is 5.06. The third-order valence-corrected chi connectivity index (χ3v) is 4.45. The first-order chi connectivity index (χ1) is 9.84. The highest BCUT2D eigenvalue weighted by molar-refractivity contribution is 5.67. The lowest BCUT2D eigenvalue weighted by atomic mass is 10.00. The van der Waals surface area contributed by atoms with Crippen LogP contribution in [0.4, 0.5) is 11.4 Å². The molecule has 4 heteroatoms. The molecule has 2 fully saturated rings. The number of hydrogen-bond acceptors (Lipinski definition) is 4. The molecule has 1 aromatic carbocycles. The van der Waals surface area contributed by atoms with Gasteiger partial charge in [-0.1, -0.05) is 12.1 Å². The van der Waals surface area contributed by atoms with Crippen molar-refractivity contribution in [3.05, 3.63) is 24.3 Å². The largest absolute Gasteiger partial charge is 0.397 e. The van der Waals surface area contributed by atoms with Gasteiger partial charge in [-0.15, -0.1) is 0 Å². The van der Waals surface area contributed by atoms with E-state index in [4.69, 9.17) is 10.5 Å². The Morgan fingerprint density at radius 2 is 1.90 bits per heavy atom. The molecule has 2 N–H and O–H groups in total. The topological polar surface area (TPSA) is 41.7 Å². The van der Waals surface area contributed by atoms with Gasteiger partial charge in [0.1, 0.15) is 0 Å². The number of para-hydroxylation sites is 2. The van der Waals surface area contributed by atoms with E-state index in [1.165, 1.54) is 24.9 Å². The molecule has 2 heterocycles. The monoisotopic (exact) mass is 275 g/mol. The maximum Gasteiger partial charge on any atom is 0.0602 e. The van der Waals surface area contributed by atoms with Crippen LogP contribution in [0.3, 0.4) is 0 Å². The third kappa shape index (κ3) is 3.07. The number of ether oxygens (including phenoxy) is 1. The summed E-state index contributed by atoms with van der Waals surface area (Å²) in [6.07, 6.45) is 3.87. The molecule has 1 unspecified atom stereocenters. The van der Waals surface area contributed by atoms with Gasteiger partial charge in [0.15, 0.2) is 0 Å². The Kier molecular flexibility index (Phi) is 4.43. The number of rotatable bonds is 3. The third-order valence-electron chi connectivity index (χ3n) is 4.45. The van der Waals surface area contributed by atoms with Crippen LogP contribution in [0.2, 0.25) is 0 Å². The fraction of sp³-hybridized carbons (Fsp3) is 0.625. The van der Waals surface area contributed by atoms with Crippen LogP contribution in [0.1, 0.15) is 19.3 Å². The predicted octanol–water partition coefficient (Wildman–Crippen LogP) is 1.96. The smallest absolute Gasteiger partial charge is 0.0602 e. The van der Waals surface area contributed by atoms with Crippen molar-refractivity contribution in [1.82, 2.24) is 4.90 Å². The Balaban J connectivity index is 1.72. The van der Waals surface area contributed by atoms with Crippen molar-refractivity contribution in [2.45, 2.75) is 25.3 Å². The summed E-state index contributed by atoms with van der Waals surface area (Å²) in [5.74, 6) is 0. The number of nitrogens with two attached hydrogens (primary N) is 1. The lowest BCUT2D eigenvalue weighted by molar-refractivity contribution is 0.0339. The van der Waals surface area contributed by atoms with Crippen molar-refractivity contribution >= 4 is 11.4 Å². The average molecular weight is 275 g/mol. The Labute approximate surface area is 121 Å². The minimum absolute atomic E-state index is 0.589. The van der Waals surface area contributed by atoms with Crippen LogP contribution >= 0.6 is 0 Å². The van der Waals surface area contributed by atoms with E-state index in [1.54, 1.807) is 0 Å². The summed E-state index contributed by atoms with van der Waals surface area (Å²) < 4.78 is 5.44. The zero-order valence-corrected chi connectivity index (χ0v) is 12.1. The van der Waals surface area contributed by atoms with Gasteiger partial charge in [-0.25, -0.2) is 0 Å². The second-order valence-corrected chi connectivity index (χ2v) is 5.81. The molecule has 0 aromatic heterocycles. The minimum atomic E-state index is 0.589. The molecule has 0 spiro atoms. The van der Waals surface area contributed by atoms with Crippen molar-refractivity contribution in [2.24, 2.45) is 0 Å². The number of anilines is 2. The predicted molar refractivity (Wildman–Crippen MR) is 83.1 cm³/mol. The molecule has 1 aromatic rings. The van der Waals surface area contributed by atoms with Crippen LogP contribution in [0.5, 0.6) is 0 Å². The van der Waals surface area contributed by atoms with Crippen LogP contribution in [0.15, 0.2) is 24.3 Å². The van der Waals surface area contributed by atoms with E-state index in [0.717, 1.165) is 45.1 Å². The SMILES string of the molecule is Nc1ccccc1N1CCCCC1CN1CCOCC1. The van der Waals surface area contributed by atoms with Gasteiger partial charge in [-0.2, -0.15) is 0 Å². The van der Waals surface area contributed by atoms with E-state index in [2.05, 4.69) is 21.9 Å². The van der Waals surface area contributed by atoms with Crippen molar-refractivity contribution in [2.75, 3.05) is 50.0 Å². The molecule has 1 atom stereocenters. The average Bonchev–Trinajstić information content (AvgIpc) is 2.50. The van der Waals surface area contributed by atoms with Crippen LogP contribution < -0.4 is 10.6 Å². The Hall–Kier alpha value is -1.26. The van der Waals surface area contributed by atoms with Gasteiger partial charge in [0, 0.05) is 32.2 Å². The number of nitrogens with zero attached hydrogens (tertiary/aromatic N) is 2. The molecule has 0 aliphatic carbocycles. The van der Waals surface area contributed by atoms with Crippen LogP contribution in [0.25, 0.3) is 0 Å². The van der Waals surface area contributed by atoms with E-state index < -0.39 is 0 Å². The van der Waals surface area contributed by atoms with Gasteiger partial charge in [-0.3, -0.25) is 4.90 Å². The van der Waals surface area contributed by atoms with E-state index in [1.807, 2.05) is 12.1 Å². The molecule has 110 valence electrons. The number of morpholine rings is 1. The van der Waals surface area contributed by atoms with Gasteiger partial charge in [-0.05, 0) is 31.4 Å². The van der Waals surface area contributed by atoms with Crippen molar-refractivity contribution in [1.29, 1.82) is 0 Å². The number of hydrogen-bond donors (Lipinski definition) is 1. The fourth-order valence-corrected chi connectivity index (χ4v) is 3.34. The van der Waals surface area contributed by atoms with Crippen LogP contribution in [0, 0.1) is 0 Å². The van der Waals surface area contributed by atoms with Crippen LogP contribution in [-0.4, -0.2) is 50.3 Å². The first-order valence-electron chi connectivity index (χ1n) is 7.76. The molecule has 2 aliphatic heterocycles. The quantitative estimate of drug-likeness (QED) is 0.856. The summed E-state index contributed by atoms with van der Waals surface area (Å²) in [7, 11) is 0. The molecular formula is C16H25N3O. The van der Waals surface area contributed by atoms with Gasteiger partial charge in [0.2, 0.25) is 0 Å². The summed E-state index contributed by atoms with van der Waals surface area (Å²) in [5.41, 5.74) is 8.29. The number of nitrogen functional groups attached to an aromatic ring is 1. The zero-order valence-electron chi connectivity index (χ0n) is 12.1. The van der Waals surface area contributed by atoms with Crippen molar-refractivity contribution in [3.63, 3.8) is 0 Å². The molecule has 2 saturated heterocycles. The number of benzene rings is 1. The maximum atomic E-state index is 6.17. The second kappa shape index (κ2) is 6.46. The summed E-state index contributed by atoms with van der Waals surface area (Å²) in [6, 6.07) is 8.86. The highest BCUT2D eigenvalue weighted by atomic mass is 16.5. The molecule has 20 heavy (non-hydrogen) atoms. The van der Waals surface area contributed by atoms with Crippen molar-refractivity contribution < 1.29 is 4.74 Å². The van der Waals surface area contributed by atoms with Gasteiger partial charge in [0.25, 0.3) is 0 Å². The first kappa shape index (κ1) is 13.7. The molecule has 0 bridgehead atoms. The Bertz CT molecular complexity index is 431. The van der Waals surface area contributed by atoms with E-state index >= 15 is 0 Å².